The molecule has 0 unspecified atom stereocenters. The maximum atomic E-state index is 13.1. The summed E-state index contributed by atoms with van der Waals surface area (Å²) in [6, 6.07) is 10.2. The van der Waals surface area contributed by atoms with E-state index in [1.807, 2.05) is 0 Å². The number of hydrogen-bond donors (Lipinski definition) is 1. The molecular formula is C18H13ClFNO4. The van der Waals surface area contributed by atoms with Crippen LogP contribution in [0.5, 0.6) is 5.75 Å². The van der Waals surface area contributed by atoms with Crippen molar-refractivity contribution in [3.05, 3.63) is 69.3 Å². The van der Waals surface area contributed by atoms with Crippen molar-refractivity contribution >= 4 is 34.2 Å². The Morgan fingerprint density at radius 2 is 2.04 bits per heavy atom. The molecule has 0 aliphatic rings. The van der Waals surface area contributed by atoms with Crippen molar-refractivity contribution in [2.75, 3.05) is 11.9 Å². The largest absolute Gasteiger partial charge is 0.484 e. The number of amides is 1. The Labute approximate surface area is 147 Å². The van der Waals surface area contributed by atoms with Crippen LogP contribution in [0.2, 0.25) is 5.02 Å². The lowest BCUT2D eigenvalue weighted by atomic mass is 10.1. The summed E-state index contributed by atoms with van der Waals surface area (Å²) in [5, 5.41) is 3.25. The summed E-state index contributed by atoms with van der Waals surface area (Å²) in [5.74, 6) is -0.620. The summed E-state index contributed by atoms with van der Waals surface area (Å²) in [6.07, 6.45) is 0. The number of anilines is 1. The molecule has 0 radical (unpaired) electrons. The number of aryl methyl sites for hydroxylation is 1. The second-order valence-corrected chi connectivity index (χ2v) is 5.78. The third-order valence-electron chi connectivity index (χ3n) is 3.50. The van der Waals surface area contributed by atoms with Gasteiger partial charge in [0.15, 0.2) is 6.61 Å². The Morgan fingerprint density at radius 3 is 2.80 bits per heavy atom. The van der Waals surface area contributed by atoms with Crippen molar-refractivity contribution in [3.8, 4) is 5.75 Å². The van der Waals surface area contributed by atoms with E-state index < -0.39 is 17.3 Å². The van der Waals surface area contributed by atoms with Crippen molar-refractivity contribution in [2.45, 2.75) is 6.92 Å². The van der Waals surface area contributed by atoms with Crippen molar-refractivity contribution in [1.82, 2.24) is 0 Å². The predicted molar refractivity (Wildman–Crippen MR) is 92.8 cm³/mol. The molecule has 1 amide bonds. The number of halogens is 2. The van der Waals surface area contributed by atoms with E-state index in [1.165, 1.54) is 18.2 Å². The zero-order valence-electron chi connectivity index (χ0n) is 13.1. The fourth-order valence-electron chi connectivity index (χ4n) is 2.31. The smallest absolute Gasteiger partial charge is 0.336 e. The number of benzene rings is 2. The Bertz CT molecular complexity index is 1020. The van der Waals surface area contributed by atoms with E-state index in [2.05, 4.69) is 5.32 Å². The van der Waals surface area contributed by atoms with Crippen molar-refractivity contribution in [2.24, 2.45) is 0 Å². The van der Waals surface area contributed by atoms with Gasteiger partial charge in [0, 0.05) is 23.2 Å². The Hall–Kier alpha value is -2.86. The molecule has 0 spiro atoms. The van der Waals surface area contributed by atoms with E-state index >= 15 is 0 Å². The third-order valence-corrected chi connectivity index (χ3v) is 3.79. The van der Waals surface area contributed by atoms with E-state index in [0.29, 0.717) is 17.0 Å². The minimum Gasteiger partial charge on any atom is -0.484 e. The van der Waals surface area contributed by atoms with Crippen molar-refractivity contribution < 1.29 is 18.3 Å². The van der Waals surface area contributed by atoms with Gasteiger partial charge in [-0.2, -0.15) is 0 Å². The van der Waals surface area contributed by atoms with Gasteiger partial charge in [-0.3, -0.25) is 4.79 Å². The highest BCUT2D eigenvalue weighted by atomic mass is 35.5. The molecule has 3 aromatic rings. The van der Waals surface area contributed by atoms with Crippen LogP contribution in [-0.4, -0.2) is 12.5 Å². The standard InChI is InChI=1S/C18H13ClFNO4/c1-10-6-18(23)25-16-8-12(3-4-13(10)16)24-9-17(22)21-11-2-5-15(20)14(19)7-11/h2-8H,9H2,1H3,(H,21,22). The average molecular weight is 362 g/mol. The second-order valence-electron chi connectivity index (χ2n) is 5.37. The lowest BCUT2D eigenvalue weighted by Crippen LogP contribution is -2.20. The van der Waals surface area contributed by atoms with Crippen LogP contribution in [0.4, 0.5) is 10.1 Å². The van der Waals surface area contributed by atoms with Gasteiger partial charge in [0.1, 0.15) is 17.1 Å². The molecule has 1 aromatic heterocycles. The number of fused-ring (bicyclic) bond motifs is 1. The van der Waals surface area contributed by atoms with Gasteiger partial charge in [-0.25, -0.2) is 9.18 Å². The minimum absolute atomic E-state index is 0.0846. The van der Waals surface area contributed by atoms with Crippen LogP contribution in [0.3, 0.4) is 0 Å². The van der Waals surface area contributed by atoms with Gasteiger partial charge in [-0.1, -0.05) is 11.6 Å². The van der Waals surface area contributed by atoms with Gasteiger partial charge in [-0.15, -0.1) is 0 Å². The summed E-state index contributed by atoms with van der Waals surface area (Å²) < 4.78 is 23.6. The highest BCUT2D eigenvalue weighted by Crippen LogP contribution is 2.22. The summed E-state index contributed by atoms with van der Waals surface area (Å²) in [6.45, 7) is 1.54. The number of ether oxygens (including phenoxy) is 1. The van der Waals surface area contributed by atoms with Gasteiger partial charge in [-0.05, 0) is 42.8 Å². The van der Waals surface area contributed by atoms with E-state index in [9.17, 15) is 14.0 Å². The van der Waals surface area contributed by atoms with E-state index in [1.54, 1.807) is 25.1 Å². The lowest BCUT2D eigenvalue weighted by molar-refractivity contribution is -0.118. The molecule has 0 aliphatic carbocycles. The number of carbonyl (C=O) groups excluding carboxylic acids is 1. The van der Waals surface area contributed by atoms with Crippen LogP contribution < -0.4 is 15.7 Å². The Balaban J connectivity index is 1.68. The fraction of sp³-hybridized carbons (Fsp3) is 0.111. The SMILES string of the molecule is Cc1cc(=O)oc2cc(OCC(=O)Nc3ccc(F)c(Cl)c3)ccc12. The highest BCUT2D eigenvalue weighted by Gasteiger charge is 2.08. The lowest BCUT2D eigenvalue weighted by Gasteiger charge is -2.09. The Morgan fingerprint density at radius 1 is 1.24 bits per heavy atom. The molecule has 1 N–H and O–H groups in total. The van der Waals surface area contributed by atoms with Crippen LogP contribution in [-0.2, 0) is 4.79 Å². The zero-order chi connectivity index (χ0) is 18.0. The number of rotatable bonds is 4. The highest BCUT2D eigenvalue weighted by molar-refractivity contribution is 6.31. The first-order valence-electron chi connectivity index (χ1n) is 7.34. The van der Waals surface area contributed by atoms with Gasteiger partial charge < -0.3 is 14.5 Å². The molecule has 1 heterocycles. The molecule has 0 bridgehead atoms. The van der Waals surface area contributed by atoms with Gasteiger partial charge in [0.2, 0.25) is 0 Å². The fourth-order valence-corrected chi connectivity index (χ4v) is 2.50. The van der Waals surface area contributed by atoms with Crippen LogP contribution in [0.15, 0.2) is 51.7 Å². The van der Waals surface area contributed by atoms with Gasteiger partial charge in [0.25, 0.3) is 5.91 Å². The maximum absolute atomic E-state index is 13.1. The summed E-state index contributed by atoms with van der Waals surface area (Å²) in [4.78, 5) is 23.3. The minimum atomic E-state index is -0.566. The van der Waals surface area contributed by atoms with E-state index in [-0.39, 0.29) is 11.6 Å². The molecule has 3 rings (SSSR count). The van der Waals surface area contributed by atoms with Crippen molar-refractivity contribution in [1.29, 1.82) is 0 Å². The molecule has 25 heavy (non-hydrogen) atoms. The first-order chi connectivity index (χ1) is 11.9. The molecule has 0 fully saturated rings. The molecule has 0 saturated heterocycles. The Kier molecular flexibility index (Phi) is 4.72. The molecular weight excluding hydrogens is 349 g/mol. The average Bonchev–Trinajstić information content (AvgIpc) is 2.56. The number of carbonyl (C=O) groups is 1. The van der Waals surface area contributed by atoms with Crippen LogP contribution in [0.25, 0.3) is 11.0 Å². The molecule has 7 heteroatoms. The second kappa shape index (κ2) is 6.94. The van der Waals surface area contributed by atoms with Crippen LogP contribution in [0, 0.1) is 12.7 Å². The third kappa shape index (κ3) is 3.97. The summed E-state index contributed by atoms with van der Waals surface area (Å²) >= 11 is 5.66. The maximum Gasteiger partial charge on any atom is 0.336 e. The summed E-state index contributed by atoms with van der Waals surface area (Å²) in [7, 11) is 0. The van der Waals surface area contributed by atoms with E-state index in [0.717, 1.165) is 17.0 Å². The van der Waals surface area contributed by atoms with Gasteiger partial charge >= 0.3 is 5.63 Å². The molecule has 0 atom stereocenters. The quantitative estimate of drug-likeness (QED) is 0.715. The summed E-state index contributed by atoms with van der Waals surface area (Å²) in [5.41, 5.74) is 1.09. The molecule has 2 aromatic carbocycles. The monoisotopic (exact) mass is 361 g/mol. The van der Waals surface area contributed by atoms with Crippen LogP contribution >= 0.6 is 11.6 Å². The zero-order valence-corrected chi connectivity index (χ0v) is 13.9. The molecule has 0 aliphatic heterocycles. The first kappa shape index (κ1) is 17.0. The first-order valence-corrected chi connectivity index (χ1v) is 7.72. The van der Waals surface area contributed by atoms with Crippen molar-refractivity contribution in [3.63, 3.8) is 0 Å². The normalized spacial score (nSPS) is 10.7. The molecule has 128 valence electrons. The molecule has 5 nitrogen and oxygen atoms in total. The number of hydrogen-bond acceptors (Lipinski definition) is 4. The number of nitrogens with one attached hydrogen (secondary N) is 1. The van der Waals surface area contributed by atoms with Gasteiger partial charge in [0.05, 0.1) is 5.02 Å². The van der Waals surface area contributed by atoms with Crippen LogP contribution in [0.1, 0.15) is 5.56 Å². The predicted octanol–water partition coefficient (Wildman–Crippen LogP) is 3.91. The van der Waals surface area contributed by atoms with E-state index in [4.69, 9.17) is 20.8 Å². The molecule has 0 saturated carbocycles. The topological polar surface area (TPSA) is 68.5 Å².